The minimum absolute atomic E-state index is 0. The van der Waals surface area contributed by atoms with E-state index in [9.17, 15) is 44.1 Å². The number of carbonyl (C=O) groups is 6. The summed E-state index contributed by atoms with van der Waals surface area (Å²) in [6, 6.07) is -2.26. The van der Waals surface area contributed by atoms with E-state index >= 15 is 0 Å². The summed E-state index contributed by atoms with van der Waals surface area (Å²) in [7, 11) is 0. The Hall–Kier alpha value is -2.66. The van der Waals surface area contributed by atoms with Crippen LogP contribution < -0.4 is 31.3 Å². The Morgan fingerprint density at radius 3 is 0.893 bits per heavy atom. The molecule has 3 amide bonds. The molecule has 155 valence electrons. The van der Waals surface area contributed by atoms with Gasteiger partial charge in [-0.05, 0) is 19.3 Å². The summed E-state index contributed by atoms with van der Waals surface area (Å²) in [5, 5.41) is 36.8. The normalized spacial score (nSPS) is 24.9. The number of nitrogens with one attached hydrogen (secondary N) is 3. The second-order valence-corrected chi connectivity index (χ2v) is 5.93. The van der Waals surface area contributed by atoms with Crippen LogP contribution in [0, 0.1) is 0 Å². The van der Waals surface area contributed by atoms with Crippen LogP contribution in [0.3, 0.4) is 0 Å². The first-order valence-electron chi connectivity index (χ1n) is 8.10. The number of carboxylic acid groups (broad SMARTS) is 3. The van der Waals surface area contributed by atoms with Gasteiger partial charge in [-0.1, -0.05) is 0 Å². The van der Waals surface area contributed by atoms with E-state index in [4.69, 9.17) is 0 Å². The van der Waals surface area contributed by atoms with Crippen molar-refractivity contribution in [2.75, 3.05) is 0 Å². The van der Waals surface area contributed by atoms with Crippen molar-refractivity contribution in [2.24, 2.45) is 0 Å². The van der Waals surface area contributed by atoms with Crippen molar-refractivity contribution in [1.82, 2.24) is 16.0 Å². The number of hydrogen-bond acceptors (Lipinski definition) is 9. The van der Waals surface area contributed by atoms with E-state index in [0.29, 0.717) is 38.5 Å². The largest absolute Gasteiger partial charge is 3.00 e. The molecule has 0 aliphatic carbocycles. The summed E-state index contributed by atoms with van der Waals surface area (Å²) in [5.41, 5.74) is 0. The van der Waals surface area contributed by atoms with Gasteiger partial charge in [-0.3, -0.25) is 14.4 Å². The van der Waals surface area contributed by atoms with Gasteiger partial charge in [-0.2, -0.15) is 0 Å². The quantitative estimate of drug-likeness (QED) is 0.356. The molecule has 0 aromatic carbocycles. The molecule has 3 fully saturated rings. The van der Waals surface area contributed by atoms with Gasteiger partial charge in [-0.25, -0.2) is 0 Å². The minimum atomic E-state index is -1.19. The summed E-state index contributed by atoms with van der Waals surface area (Å²) < 4.78 is 0. The van der Waals surface area contributed by atoms with Crippen LogP contribution >= 0.6 is 0 Å². The van der Waals surface area contributed by atoms with E-state index in [-0.39, 0.29) is 34.8 Å². The minimum Gasteiger partial charge on any atom is -0.548 e. The molecule has 3 rings (SSSR count). The van der Waals surface area contributed by atoms with Crippen molar-refractivity contribution in [3.63, 3.8) is 0 Å². The average Bonchev–Trinajstić information content (AvgIpc) is 3.30. The van der Waals surface area contributed by atoms with Crippen LogP contribution in [0.5, 0.6) is 0 Å². The topological polar surface area (TPSA) is 208 Å². The van der Waals surface area contributed by atoms with Crippen molar-refractivity contribution < 1.29 is 61.2 Å². The summed E-state index contributed by atoms with van der Waals surface area (Å²) in [6.45, 7) is 0. The van der Waals surface area contributed by atoms with Gasteiger partial charge in [0.05, 0.1) is 36.0 Å². The Kier molecular flexibility index (Phi) is 10.8. The number of aliphatic carboxylic acids is 3. The Bertz CT molecular complexity index is 555. The van der Waals surface area contributed by atoms with Crippen LogP contribution in [0.25, 0.3) is 0 Å². The zero-order valence-electron chi connectivity index (χ0n) is 14.5. The molecule has 3 aliphatic heterocycles. The molecule has 3 N–H and O–H groups in total. The Balaban J connectivity index is 0.000000384. The molecule has 13 heteroatoms. The third kappa shape index (κ3) is 8.82. The van der Waals surface area contributed by atoms with Crippen LogP contribution in [-0.2, 0) is 45.8 Å². The fourth-order valence-electron chi connectivity index (χ4n) is 2.37. The molecule has 0 aromatic rings. The van der Waals surface area contributed by atoms with Crippen LogP contribution in [0.4, 0.5) is 0 Å². The van der Waals surface area contributed by atoms with E-state index in [1.54, 1.807) is 0 Å². The van der Waals surface area contributed by atoms with Crippen molar-refractivity contribution in [2.45, 2.75) is 56.7 Å². The van der Waals surface area contributed by atoms with Gasteiger partial charge in [0.15, 0.2) is 0 Å². The number of rotatable bonds is 3. The summed E-state index contributed by atoms with van der Waals surface area (Å²) in [4.78, 5) is 61.1. The smallest absolute Gasteiger partial charge is 0.548 e. The molecule has 0 aromatic heterocycles. The summed E-state index contributed by atoms with van der Waals surface area (Å²) in [5.74, 6) is -4.19. The first-order chi connectivity index (χ1) is 12.6. The second kappa shape index (κ2) is 11.9. The van der Waals surface area contributed by atoms with Crippen LogP contribution in [0.2, 0.25) is 0 Å². The number of hydrogen-bond donors (Lipinski definition) is 3. The monoisotopic (exact) mass is 440 g/mol. The summed E-state index contributed by atoms with van der Waals surface area (Å²) in [6.07, 6.45) is 2.00. The maximum Gasteiger partial charge on any atom is 3.00 e. The van der Waals surface area contributed by atoms with E-state index in [0.717, 1.165) is 0 Å². The molecular weight excluding hydrogens is 422 g/mol. The summed E-state index contributed by atoms with van der Waals surface area (Å²) >= 11 is 0. The van der Waals surface area contributed by atoms with Gasteiger partial charge in [0.1, 0.15) is 0 Å². The standard InChI is InChI=1S/3C5H7NO3.Fe/c3*7-4-2-1-3(6-4)5(8)9;/h3*3H,1-2H2,(H,6,7)(H,8,9);/q;;;+3/p-3. The Morgan fingerprint density at radius 1 is 0.607 bits per heavy atom. The molecule has 3 atom stereocenters. The zero-order valence-corrected chi connectivity index (χ0v) is 15.6. The molecule has 1 radical (unpaired) electrons. The maximum absolute atomic E-state index is 10.4. The van der Waals surface area contributed by atoms with Crippen molar-refractivity contribution in [1.29, 1.82) is 0 Å². The van der Waals surface area contributed by atoms with Crippen LogP contribution in [0.1, 0.15) is 38.5 Å². The zero-order chi connectivity index (χ0) is 20.6. The van der Waals surface area contributed by atoms with Crippen molar-refractivity contribution in [3.05, 3.63) is 0 Å². The first-order valence-corrected chi connectivity index (χ1v) is 8.10. The first kappa shape index (κ1) is 25.3. The fraction of sp³-hybridized carbons (Fsp3) is 0.600. The Labute approximate surface area is 169 Å². The second-order valence-electron chi connectivity index (χ2n) is 5.93. The fourth-order valence-corrected chi connectivity index (χ4v) is 2.37. The molecule has 0 saturated carbocycles. The molecule has 0 spiro atoms. The van der Waals surface area contributed by atoms with Gasteiger partial charge < -0.3 is 45.7 Å². The third-order valence-electron chi connectivity index (χ3n) is 3.84. The Morgan fingerprint density at radius 2 is 0.821 bits per heavy atom. The van der Waals surface area contributed by atoms with Crippen LogP contribution in [0.15, 0.2) is 0 Å². The molecule has 3 saturated heterocycles. The predicted molar refractivity (Wildman–Crippen MR) is 78.5 cm³/mol. The molecule has 3 unspecified atom stereocenters. The van der Waals surface area contributed by atoms with E-state index < -0.39 is 36.0 Å². The van der Waals surface area contributed by atoms with Gasteiger partial charge in [0, 0.05) is 19.3 Å². The van der Waals surface area contributed by atoms with Gasteiger partial charge >= 0.3 is 17.1 Å². The molecular formula is C15H18FeN3O9. The van der Waals surface area contributed by atoms with E-state index in [2.05, 4.69) is 16.0 Å². The van der Waals surface area contributed by atoms with Crippen molar-refractivity contribution in [3.8, 4) is 0 Å². The van der Waals surface area contributed by atoms with Crippen LogP contribution in [-0.4, -0.2) is 53.8 Å². The average molecular weight is 440 g/mol. The van der Waals surface area contributed by atoms with Gasteiger partial charge in [-0.15, -0.1) is 0 Å². The molecule has 12 nitrogen and oxygen atoms in total. The van der Waals surface area contributed by atoms with Gasteiger partial charge in [0.25, 0.3) is 0 Å². The van der Waals surface area contributed by atoms with Gasteiger partial charge in [0.2, 0.25) is 17.7 Å². The third-order valence-corrected chi connectivity index (χ3v) is 3.84. The molecule has 3 heterocycles. The predicted octanol–water partition coefficient (Wildman–Crippen LogP) is -5.96. The number of amides is 3. The maximum atomic E-state index is 10.4. The SMILES string of the molecule is O=C1CCC(C(=O)[O-])N1.O=C1CCC(C(=O)[O-])N1.O=C1CCC(C(=O)[O-])N1.[Fe+3]. The number of carbonyl (C=O) groups excluding carboxylic acids is 6. The molecule has 3 aliphatic rings. The molecule has 28 heavy (non-hydrogen) atoms. The van der Waals surface area contributed by atoms with E-state index in [1.165, 1.54) is 0 Å². The van der Waals surface area contributed by atoms with Crippen molar-refractivity contribution >= 4 is 35.6 Å². The van der Waals surface area contributed by atoms with E-state index in [1.807, 2.05) is 0 Å². The molecule has 0 bridgehead atoms. The number of carboxylic acids is 3.